The van der Waals surface area contributed by atoms with Gasteiger partial charge in [0.1, 0.15) is 10.7 Å². The minimum Gasteiger partial charge on any atom is -0.342 e. The van der Waals surface area contributed by atoms with Crippen LogP contribution < -0.4 is 10.6 Å². The Hall–Kier alpha value is -3.38. The van der Waals surface area contributed by atoms with Gasteiger partial charge in [0.05, 0.1) is 12.7 Å². The van der Waals surface area contributed by atoms with Gasteiger partial charge in [-0.05, 0) is 69.5 Å². The van der Waals surface area contributed by atoms with E-state index in [2.05, 4.69) is 38.7 Å². The maximum Gasteiger partial charge on any atom is 0.432 e. The number of aromatic nitrogens is 4. The van der Waals surface area contributed by atoms with Crippen LogP contribution in [0, 0.1) is 13.8 Å². The van der Waals surface area contributed by atoms with Crippen molar-refractivity contribution in [2.45, 2.75) is 38.8 Å². The molecule has 0 bridgehead atoms. The summed E-state index contributed by atoms with van der Waals surface area (Å²) in [5.41, 5.74) is 3.18. The van der Waals surface area contributed by atoms with Crippen LogP contribution in [0.2, 0.25) is 5.02 Å². The number of aromatic amines is 1. The molecule has 38 heavy (non-hydrogen) atoms. The molecule has 0 aliphatic carbocycles. The van der Waals surface area contributed by atoms with Gasteiger partial charge in [-0.15, -0.1) is 0 Å². The quantitative estimate of drug-likeness (QED) is 0.369. The molecule has 1 aromatic carbocycles. The van der Waals surface area contributed by atoms with E-state index in [-0.39, 0.29) is 28.5 Å². The Balaban J connectivity index is 1.45. The van der Waals surface area contributed by atoms with E-state index >= 15 is 0 Å². The Kier molecular flexibility index (Phi) is 8.12. The normalized spacial score (nSPS) is 14.7. The molecule has 3 aromatic rings. The second kappa shape index (κ2) is 11.2. The van der Waals surface area contributed by atoms with Gasteiger partial charge in [0.2, 0.25) is 11.9 Å². The Morgan fingerprint density at radius 3 is 2.50 bits per heavy atom. The summed E-state index contributed by atoms with van der Waals surface area (Å²) >= 11 is 6.16. The molecule has 4 rings (SSSR count). The number of carbonyl (C=O) groups excluding carboxylic acids is 1. The molecule has 1 amide bonds. The van der Waals surface area contributed by atoms with E-state index < -0.39 is 11.9 Å². The molecular formula is C25H30ClF3N8O. The molecule has 9 nitrogen and oxygen atoms in total. The first-order chi connectivity index (χ1) is 17.9. The predicted octanol–water partition coefficient (Wildman–Crippen LogP) is 5.24. The van der Waals surface area contributed by atoms with Crippen LogP contribution in [-0.2, 0) is 11.0 Å². The summed E-state index contributed by atoms with van der Waals surface area (Å²) in [4.78, 5) is 24.7. The standard InChI is InChI=1S/C25H30ClF3N8O/c1-14-10-19(15(2)9-17(14)16-5-7-37(8-6-16)22(38)13-36(3)4)31-24-30-12-18(26)23(33-24)32-21-11-20(34-35-21)25(27,28)29/h9-12,16H,5-8,13H2,1-4H3,(H3,30,31,32,33,34,35). The lowest BCUT2D eigenvalue weighted by atomic mass is 9.85. The number of alkyl halides is 3. The van der Waals surface area contributed by atoms with E-state index in [9.17, 15) is 18.0 Å². The highest BCUT2D eigenvalue weighted by Crippen LogP contribution is 2.35. The summed E-state index contributed by atoms with van der Waals surface area (Å²) < 4.78 is 38.6. The number of likely N-dealkylation sites (tertiary alicyclic amines) is 1. The number of hydrogen-bond donors (Lipinski definition) is 3. The van der Waals surface area contributed by atoms with Crippen molar-refractivity contribution in [3.8, 4) is 0 Å². The van der Waals surface area contributed by atoms with E-state index in [0.717, 1.165) is 48.8 Å². The molecule has 0 spiro atoms. The van der Waals surface area contributed by atoms with Gasteiger partial charge in [-0.1, -0.05) is 17.7 Å². The summed E-state index contributed by atoms with van der Waals surface area (Å²) in [5.74, 6) is 0.794. The number of aryl methyl sites for hydroxylation is 2. The van der Waals surface area contributed by atoms with Crippen molar-refractivity contribution in [2.75, 3.05) is 44.4 Å². The molecule has 0 unspecified atom stereocenters. The third-order valence-electron chi connectivity index (χ3n) is 6.47. The van der Waals surface area contributed by atoms with Crippen molar-refractivity contribution in [3.63, 3.8) is 0 Å². The number of nitrogens with zero attached hydrogens (tertiary/aromatic N) is 5. The average molecular weight is 551 g/mol. The first-order valence-corrected chi connectivity index (χ1v) is 12.5. The second-order valence-corrected chi connectivity index (χ2v) is 10.1. The Bertz CT molecular complexity index is 1300. The lowest BCUT2D eigenvalue weighted by Gasteiger charge is -2.33. The van der Waals surface area contributed by atoms with Gasteiger partial charge in [0.15, 0.2) is 11.6 Å². The molecule has 0 radical (unpaired) electrons. The fourth-order valence-corrected chi connectivity index (χ4v) is 4.65. The Labute approximate surface area is 223 Å². The van der Waals surface area contributed by atoms with Crippen LogP contribution >= 0.6 is 11.6 Å². The maximum absolute atomic E-state index is 12.9. The molecule has 1 aliphatic rings. The van der Waals surface area contributed by atoms with Crippen LogP contribution in [0.1, 0.15) is 41.1 Å². The largest absolute Gasteiger partial charge is 0.432 e. The van der Waals surface area contributed by atoms with E-state index in [4.69, 9.17) is 11.6 Å². The van der Waals surface area contributed by atoms with Crippen molar-refractivity contribution < 1.29 is 18.0 Å². The van der Waals surface area contributed by atoms with Crippen LogP contribution in [0.15, 0.2) is 24.4 Å². The highest BCUT2D eigenvalue weighted by Gasteiger charge is 2.33. The predicted molar refractivity (Wildman–Crippen MR) is 140 cm³/mol. The summed E-state index contributed by atoms with van der Waals surface area (Å²) in [5, 5.41) is 11.6. The molecular weight excluding hydrogens is 521 g/mol. The van der Waals surface area contributed by atoms with Crippen molar-refractivity contribution in [2.24, 2.45) is 0 Å². The minimum atomic E-state index is -4.54. The molecule has 1 saturated heterocycles. The van der Waals surface area contributed by atoms with Gasteiger partial charge in [-0.3, -0.25) is 9.89 Å². The van der Waals surface area contributed by atoms with Gasteiger partial charge in [-0.2, -0.15) is 23.3 Å². The van der Waals surface area contributed by atoms with Crippen molar-refractivity contribution in [1.82, 2.24) is 30.0 Å². The van der Waals surface area contributed by atoms with Crippen LogP contribution in [0.25, 0.3) is 0 Å². The molecule has 3 heterocycles. The highest BCUT2D eigenvalue weighted by atomic mass is 35.5. The zero-order chi connectivity index (χ0) is 27.6. The summed E-state index contributed by atoms with van der Waals surface area (Å²) in [6.07, 6.45) is -1.37. The van der Waals surface area contributed by atoms with Crippen molar-refractivity contribution in [1.29, 1.82) is 0 Å². The molecule has 2 aromatic heterocycles. The first kappa shape index (κ1) is 27.6. The number of rotatable bonds is 7. The van der Waals surface area contributed by atoms with Crippen molar-refractivity contribution >= 4 is 40.8 Å². The Morgan fingerprint density at radius 1 is 1.16 bits per heavy atom. The van der Waals surface area contributed by atoms with Crippen LogP contribution in [0.3, 0.4) is 0 Å². The van der Waals surface area contributed by atoms with Crippen LogP contribution in [0.5, 0.6) is 0 Å². The number of halogens is 4. The molecule has 0 saturated carbocycles. The van der Waals surface area contributed by atoms with E-state index in [1.807, 2.05) is 42.0 Å². The topological polar surface area (TPSA) is 102 Å². The molecule has 13 heteroatoms. The summed E-state index contributed by atoms with van der Waals surface area (Å²) in [6, 6.07) is 5.01. The summed E-state index contributed by atoms with van der Waals surface area (Å²) in [6.45, 7) is 5.94. The number of nitrogens with one attached hydrogen (secondary N) is 3. The SMILES string of the molecule is Cc1cc(C2CCN(C(=O)CN(C)C)CC2)c(C)cc1Nc1ncc(Cl)c(Nc2cc(C(F)(F)F)[nH]n2)n1. The van der Waals surface area contributed by atoms with Gasteiger partial charge < -0.3 is 20.4 Å². The highest BCUT2D eigenvalue weighted by molar-refractivity contribution is 6.32. The number of carbonyl (C=O) groups is 1. The third-order valence-corrected chi connectivity index (χ3v) is 6.75. The van der Waals surface area contributed by atoms with Crippen molar-refractivity contribution in [3.05, 3.63) is 51.8 Å². The third kappa shape index (κ3) is 6.54. The van der Waals surface area contributed by atoms with Gasteiger partial charge in [0, 0.05) is 24.8 Å². The second-order valence-electron chi connectivity index (χ2n) is 9.72. The van der Waals surface area contributed by atoms with E-state index in [1.165, 1.54) is 11.8 Å². The maximum atomic E-state index is 12.9. The number of H-pyrrole nitrogens is 1. The number of anilines is 4. The average Bonchev–Trinajstić information content (AvgIpc) is 3.32. The minimum absolute atomic E-state index is 0.0743. The van der Waals surface area contributed by atoms with E-state index in [0.29, 0.717) is 12.5 Å². The number of benzene rings is 1. The van der Waals surface area contributed by atoms with Gasteiger partial charge in [0.25, 0.3) is 0 Å². The fraction of sp³-hybridized carbons (Fsp3) is 0.440. The zero-order valence-electron chi connectivity index (χ0n) is 21.6. The monoisotopic (exact) mass is 550 g/mol. The lowest BCUT2D eigenvalue weighted by Crippen LogP contribution is -2.42. The molecule has 1 fully saturated rings. The summed E-state index contributed by atoms with van der Waals surface area (Å²) in [7, 11) is 3.79. The van der Waals surface area contributed by atoms with Crippen LogP contribution in [-0.4, -0.2) is 69.6 Å². The smallest absolute Gasteiger partial charge is 0.342 e. The number of piperidine rings is 1. The lowest BCUT2D eigenvalue weighted by molar-refractivity contribution is -0.141. The number of likely N-dealkylation sites (N-methyl/N-ethyl adjacent to an activating group) is 1. The van der Waals surface area contributed by atoms with Gasteiger partial charge >= 0.3 is 6.18 Å². The fourth-order valence-electron chi connectivity index (χ4n) is 4.51. The van der Waals surface area contributed by atoms with Gasteiger partial charge in [-0.25, -0.2) is 4.98 Å². The zero-order valence-corrected chi connectivity index (χ0v) is 22.3. The first-order valence-electron chi connectivity index (χ1n) is 12.1. The number of amides is 1. The van der Waals surface area contributed by atoms with Crippen LogP contribution in [0.4, 0.5) is 36.4 Å². The molecule has 204 valence electrons. The van der Waals surface area contributed by atoms with E-state index in [1.54, 1.807) is 0 Å². The molecule has 0 atom stereocenters. The Morgan fingerprint density at radius 2 is 1.87 bits per heavy atom. The molecule has 1 aliphatic heterocycles. The molecule has 3 N–H and O–H groups in total. The number of hydrogen-bond acceptors (Lipinski definition) is 7.